The van der Waals surface area contributed by atoms with E-state index in [2.05, 4.69) is 20.9 Å². The topological polar surface area (TPSA) is 68.4 Å². The molecule has 1 fully saturated rings. The van der Waals surface area contributed by atoms with Gasteiger partial charge in [0.2, 0.25) is 0 Å². The zero-order chi connectivity index (χ0) is 15.9. The van der Waals surface area contributed by atoms with Gasteiger partial charge in [-0.25, -0.2) is 0 Å². The highest BCUT2D eigenvalue weighted by molar-refractivity contribution is 9.10. The third-order valence-corrected chi connectivity index (χ3v) is 4.19. The molecule has 0 spiro atoms. The number of aromatic nitrogens is 1. The molecule has 1 aliphatic heterocycles. The van der Waals surface area contributed by atoms with Gasteiger partial charge in [-0.2, -0.15) is 0 Å². The van der Waals surface area contributed by atoms with Crippen molar-refractivity contribution in [3.05, 3.63) is 34.4 Å². The normalized spacial score (nSPS) is 18.3. The lowest BCUT2D eigenvalue weighted by atomic mass is 9.98. The SMILES string of the molecule is CC1(C)OC(=O)C(CCc2c[nH]c3ccc(Br)cc23)C(=O)O1. The summed E-state index contributed by atoms with van der Waals surface area (Å²) in [6.07, 6.45) is 2.86. The first-order valence-corrected chi connectivity index (χ1v) is 7.86. The van der Waals surface area contributed by atoms with Crippen LogP contribution >= 0.6 is 15.9 Å². The Morgan fingerprint density at radius 1 is 1.23 bits per heavy atom. The van der Waals surface area contributed by atoms with Gasteiger partial charge in [-0.3, -0.25) is 9.59 Å². The van der Waals surface area contributed by atoms with Crippen molar-refractivity contribution in [1.82, 2.24) is 4.98 Å². The van der Waals surface area contributed by atoms with Gasteiger partial charge in [-0.15, -0.1) is 0 Å². The monoisotopic (exact) mass is 365 g/mol. The van der Waals surface area contributed by atoms with Crippen LogP contribution in [0.1, 0.15) is 25.8 Å². The summed E-state index contributed by atoms with van der Waals surface area (Å²) in [4.78, 5) is 27.1. The Balaban J connectivity index is 1.75. The number of nitrogens with one attached hydrogen (secondary N) is 1. The fourth-order valence-electron chi connectivity index (χ4n) is 2.64. The van der Waals surface area contributed by atoms with Gasteiger partial charge in [-0.05, 0) is 36.6 Å². The quantitative estimate of drug-likeness (QED) is 0.669. The van der Waals surface area contributed by atoms with Gasteiger partial charge in [0.05, 0.1) is 0 Å². The van der Waals surface area contributed by atoms with Crippen molar-refractivity contribution in [3.8, 4) is 0 Å². The predicted octanol–water partition coefficient (Wildman–Crippen LogP) is 3.32. The summed E-state index contributed by atoms with van der Waals surface area (Å²) in [7, 11) is 0. The molecule has 0 amide bonds. The van der Waals surface area contributed by atoms with Crippen molar-refractivity contribution in [3.63, 3.8) is 0 Å². The maximum absolute atomic E-state index is 12.0. The molecule has 116 valence electrons. The van der Waals surface area contributed by atoms with Gasteiger partial charge in [0.15, 0.2) is 5.92 Å². The molecule has 0 bridgehead atoms. The average molecular weight is 366 g/mol. The number of benzene rings is 1. The molecule has 0 radical (unpaired) electrons. The number of hydrogen-bond acceptors (Lipinski definition) is 4. The molecule has 1 N–H and O–H groups in total. The maximum atomic E-state index is 12.0. The molecule has 0 unspecified atom stereocenters. The van der Waals surface area contributed by atoms with Crippen molar-refractivity contribution < 1.29 is 19.1 Å². The number of hydrogen-bond donors (Lipinski definition) is 1. The summed E-state index contributed by atoms with van der Waals surface area (Å²) in [5.41, 5.74) is 2.08. The number of fused-ring (bicyclic) bond motifs is 1. The molecule has 3 rings (SSSR count). The number of halogens is 1. The van der Waals surface area contributed by atoms with Crippen molar-refractivity contribution in [2.45, 2.75) is 32.5 Å². The highest BCUT2D eigenvalue weighted by Gasteiger charge is 2.42. The lowest BCUT2D eigenvalue weighted by Crippen LogP contribution is -2.46. The van der Waals surface area contributed by atoms with Crippen LogP contribution in [0.15, 0.2) is 28.9 Å². The van der Waals surface area contributed by atoms with Crippen LogP contribution in [-0.2, 0) is 25.5 Å². The number of aryl methyl sites for hydroxylation is 1. The number of cyclic esters (lactones) is 2. The third kappa shape index (κ3) is 2.88. The fraction of sp³-hybridized carbons (Fsp3) is 0.375. The molecular formula is C16H16BrNO4. The smallest absolute Gasteiger partial charge is 0.323 e. The zero-order valence-corrected chi connectivity index (χ0v) is 13.9. The van der Waals surface area contributed by atoms with Gasteiger partial charge in [0.25, 0.3) is 5.79 Å². The second kappa shape index (κ2) is 5.43. The lowest BCUT2D eigenvalue weighted by Gasteiger charge is -2.32. The number of carbonyl (C=O) groups excluding carboxylic acids is 2. The number of carbonyl (C=O) groups is 2. The van der Waals surface area contributed by atoms with Gasteiger partial charge in [0.1, 0.15) is 0 Å². The van der Waals surface area contributed by atoms with Crippen molar-refractivity contribution in [1.29, 1.82) is 0 Å². The molecule has 1 aromatic carbocycles. The van der Waals surface area contributed by atoms with Crippen LogP contribution < -0.4 is 0 Å². The van der Waals surface area contributed by atoms with E-state index in [1.54, 1.807) is 13.8 Å². The number of H-pyrrole nitrogens is 1. The van der Waals surface area contributed by atoms with E-state index in [1.165, 1.54) is 0 Å². The van der Waals surface area contributed by atoms with Gasteiger partial charge in [-0.1, -0.05) is 15.9 Å². The van der Waals surface area contributed by atoms with E-state index in [0.29, 0.717) is 12.8 Å². The van der Waals surface area contributed by atoms with Gasteiger partial charge < -0.3 is 14.5 Å². The summed E-state index contributed by atoms with van der Waals surface area (Å²) in [5.74, 6) is -3.05. The van der Waals surface area contributed by atoms with E-state index in [-0.39, 0.29) is 0 Å². The summed E-state index contributed by atoms with van der Waals surface area (Å²) < 4.78 is 11.3. The summed E-state index contributed by atoms with van der Waals surface area (Å²) >= 11 is 3.45. The Labute approximate surface area is 136 Å². The second-order valence-corrected chi connectivity index (χ2v) is 6.75. The number of ether oxygens (including phenoxy) is 2. The van der Waals surface area contributed by atoms with Gasteiger partial charge >= 0.3 is 11.9 Å². The first-order valence-electron chi connectivity index (χ1n) is 7.07. The molecule has 0 saturated carbocycles. The number of esters is 2. The van der Waals surface area contributed by atoms with Crippen LogP contribution in [0.5, 0.6) is 0 Å². The molecular weight excluding hydrogens is 350 g/mol. The van der Waals surface area contributed by atoms with Crippen LogP contribution in [0.3, 0.4) is 0 Å². The largest absolute Gasteiger partial charge is 0.422 e. The zero-order valence-electron chi connectivity index (χ0n) is 12.3. The van der Waals surface area contributed by atoms with Crippen molar-refractivity contribution in [2.75, 3.05) is 0 Å². The molecule has 1 aromatic heterocycles. The number of rotatable bonds is 3. The van der Waals surface area contributed by atoms with Crippen LogP contribution in [0.4, 0.5) is 0 Å². The van der Waals surface area contributed by atoms with Gasteiger partial charge in [0, 0.05) is 35.4 Å². The van der Waals surface area contributed by atoms with E-state index in [4.69, 9.17) is 9.47 Å². The van der Waals surface area contributed by atoms with E-state index >= 15 is 0 Å². The predicted molar refractivity (Wildman–Crippen MR) is 84.1 cm³/mol. The average Bonchev–Trinajstić information content (AvgIpc) is 2.79. The highest BCUT2D eigenvalue weighted by atomic mass is 79.9. The molecule has 0 atom stereocenters. The Bertz CT molecular complexity index is 730. The lowest BCUT2D eigenvalue weighted by molar-refractivity contribution is -0.240. The Morgan fingerprint density at radius 2 is 1.91 bits per heavy atom. The molecule has 1 saturated heterocycles. The summed E-state index contributed by atoms with van der Waals surface area (Å²) in [6, 6.07) is 5.96. The van der Waals surface area contributed by atoms with E-state index < -0.39 is 23.6 Å². The molecule has 2 heterocycles. The summed E-state index contributed by atoms with van der Waals surface area (Å²) in [6.45, 7) is 3.10. The second-order valence-electron chi connectivity index (χ2n) is 5.84. The molecule has 0 aliphatic carbocycles. The summed E-state index contributed by atoms with van der Waals surface area (Å²) in [5, 5.41) is 1.08. The van der Waals surface area contributed by atoms with Crippen LogP contribution in [0, 0.1) is 5.92 Å². The van der Waals surface area contributed by atoms with E-state index in [9.17, 15) is 9.59 Å². The van der Waals surface area contributed by atoms with Crippen LogP contribution in [-0.4, -0.2) is 22.7 Å². The molecule has 1 aliphatic rings. The first-order chi connectivity index (χ1) is 10.4. The van der Waals surface area contributed by atoms with Crippen molar-refractivity contribution >= 4 is 38.8 Å². The molecule has 5 nitrogen and oxygen atoms in total. The fourth-order valence-corrected chi connectivity index (χ4v) is 3.00. The Morgan fingerprint density at radius 3 is 2.59 bits per heavy atom. The van der Waals surface area contributed by atoms with E-state index in [1.807, 2.05) is 24.4 Å². The Hall–Kier alpha value is -1.82. The minimum Gasteiger partial charge on any atom is -0.422 e. The van der Waals surface area contributed by atoms with Crippen LogP contribution in [0.2, 0.25) is 0 Å². The molecule has 6 heteroatoms. The standard InChI is InChI=1S/C16H16BrNO4/c1-16(2)21-14(19)11(15(20)22-16)5-3-9-8-18-13-6-4-10(17)7-12(9)13/h4,6-8,11,18H,3,5H2,1-2H3. The minimum atomic E-state index is -1.17. The molecule has 22 heavy (non-hydrogen) atoms. The minimum absolute atomic E-state index is 0.368. The maximum Gasteiger partial charge on any atom is 0.323 e. The van der Waals surface area contributed by atoms with Crippen LogP contribution in [0.25, 0.3) is 10.9 Å². The Kier molecular flexibility index (Phi) is 3.72. The molecule has 2 aromatic rings. The third-order valence-electron chi connectivity index (χ3n) is 3.69. The first kappa shape index (κ1) is 15.1. The van der Waals surface area contributed by atoms with E-state index in [0.717, 1.165) is 20.9 Å². The van der Waals surface area contributed by atoms with Crippen molar-refractivity contribution in [2.24, 2.45) is 5.92 Å². The highest BCUT2D eigenvalue weighted by Crippen LogP contribution is 2.28. The number of aromatic amines is 1.